The number of nitrogens with zero attached hydrogens (tertiary/aromatic N) is 2. The zero-order valence-electron chi connectivity index (χ0n) is 9.75. The van der Waals surface area contributed by atoms with Crippen molar-refractivity contribution >= 4 is 11.5 Å². The molecule has 4 N–H and O–H groups in total. The Bertz CT molecular complexity index is 409. The Labute approximate surface area is 98.8 Å². The van der Waals surface area contributed by atoms with E-state index in [-0.39, 0.29) is 5.69 Å². The molecule has 7 nitrogen and oxygen atoms in total. The molecule has 0 fully saturated rings. The standard InChI is InChI=1S/C10H16N4O3/c1-6-4-12-10(3-9(6)14(16)17)13-5-8(11)7(2)15/h3-4,7-8,15H,5,11H2,1-2H3,(H,12,13). The summed E-state index contributed by atoms with van der Waals surface area (Å²) < 4.78 is 0. The van der Waals surface area contributed by atoms with Crippen molar-refractivity contribution in [2.45, 2.75) is 26.0 Å². The summed E-state index contributed by atoms with van der Waals surface area (Å²) in [6, 6.07) is 0.904. The molecule has 0 spiro atoms. The number of anilines is 1. The number of aliphatic hydroxyl groups is 1. The molecule has 1 heterocycles. The molecule has 1 aromatic rings. The summed E-state index contributed by atoms with van der Waals surface area (Å²) in [4.78, 5) is 14.2. The van der Waals surface area contributed by atoms with Gasteiger partial charge in [0.2, 0.25) is 0 Å². The molecule has 0 aromatic carbocycles. The third-order valence-corrected chi connectivity index (χ3v) is 2.41. The maximum atomic E-state index is 10.7. The van der Waals surface area contributed by atoms with Gasteiger partial charge in [-0.2, -0.15) is 0 Å². The highest BCUT2D eigenvalue weighted by Crippen LogP contribution is 2.19. The zero-order chi connectivity index (χ0) is 13.0. The lowest BCUT2D eigenvalue weighted by Crippen LogP contribution is -2.38. The van der Waals surface area contributed by atoms with Crippen LogP contribution in [0.1, 0.15) is 12.5 Å². The smallest absolute Gasteiger partial charge is 0.277 e. The van der Waals surface area contributed by atoms with Gasteiger partial charge in [-0.05, 0) is 13.8 Å². The van der Waals surface area contributed by atoms with Crippen molar-refractivity contribution in [3.8, 4) is 0 Å². The number of pyridine rings is 1. The molecule has 0 saturated carbocycles. The molecular weight excluding hydrogens is 224 g/mol. The predicted molar refractivity (Wildman–Crippen MR) is 63.8 cm³/mol. The first-order valence-corrected chi connectivity index (χ1v) is 5.20. The largest absolute Gasteiger partial charge is 0.392 e. The van der Waals surface area contributed by atoms with Crippen LogP contribution >= 0.6 is 0 Å². The van der Waals surface area contributed by atoms with Gasteiger partial charge in [-0.25, -0.2) is 4.98 Å². The van der Waals surface area contributed by atoms with E-state index in [2.05, 4.69) is 10.3 Å². The Kier molecular flexibility index (Phi) is 4.36. The van der Waals surface area contributed by atoms with Crippen LogP contribution in [0, 0.1) is 17.0 Å². The molecule has 0 bridgehead atoms. The predicted octanol–water partition coefficient (Wildman–Crippen LogP) is 0.418. The molecule has 0 radical (unpaired) electrons. The number of aryl methyl sites for hydroxylation is 1. The van der Waals surface area contributed by atoms with Crippen LogP contribution in [0.15, 0.2) is 12.3 Å². The second-order valence-corrected chi connectivity index (χ2v) is 3.90. The summed E-state index contributed by atoms with van der Waals surface area (Å²) in [5.41, 5.74) is 6.13. The highest BCUT2D eigenvalue weighted by molar-refractivity contribution is 5.48. The molecule has 2 atom stereocenters. The maximum Gasteiger partial charge on any atom is 0.277 e. The molecule has 17 heavy (non-hydrogen) atoms. The first kappa shape index (κ1) is 13.3. The van der Waals surface area contributed by atoms with E-state index < -0.39 is 17.1 Å². The second-order valence-electron chi connectivity index (χ2n) is 3.90. The van der Waals surface area contributed by atoms with Gasteiger partial charge in [0.25, 0.3) is 5.69 Å². The van der Waals surface area contributed by atoms with Gasteiger partial charge in [0.05, 0.1) is 17.1 Å². The number of rotatable bonds is 5. The van der Waals surface area contributed by atoms with E-state index >= 15 is 0 Å². The van der Waals surface area contributed by atoms with E-state index in [0.717, 1.165) is 0 Å². The molecule has 0 saturated heterocycles. The van der Waals surface area contributed by atoms with Crippen molar-refractivity contribution in [2.75, 3.05) is 11.9 Å². The first-order chi connectivity index (χ1) is 7.91. The summed E-state index contributed by atoms with van der Waals surface area (Å²) in [6.45, 7) is 3.50. The second kappa shape index (κ2) is 5.55. The fourth-order valence-corrected chi connectivity index (χ4v) is 1.20. The minimum Gasteiger partial charge on any atom is -0.392 e. The van der Waals surface area contributed by atoms with E-state index in [1.165, 1.54) is 12.3 Å². The van der Waals surface area contributed by atoms with Gasteiger partial charge >= 0.3 is 0 Å². The fraction of sp³-hybridized carbons (Fsp3) is 0.500. The van der Waals surface area contributed by atoms with E-state index in [1.807, 2.05) is 0 Å². The first-order valence-electron chi connectivity index (χ1n) is 5.20. The minimum atomic E-state index is -0.650. The van der Waals surface area contributed by atoms with E-state index in [0.29, 0.717) is 17.9 Å². The van der Waals surface area contributed by atoms with Crippen molar-refractivity contribution in [1.82, 2.24) is 4.98 Å². The fourth-order valence-electron chi connectivity index (χ4n) is 1.20. The number of hydrogen-bond acceptors (Lipinski definition) is 6. The molecule has 2 unspecified atom stereocenters. The van der Waals surface area contributed by atoms with E-state index in [4.69, 9.17) is 5.73 Å². The van der Waals surface area contributed by atoms with Crippen LogP contribution in [0.3, 0.4) is 0 Å². The Hall–Kier alpha value is -1.73. The van der Waals surface area contributed by atoms with Crippen molar-refractivity contribution in [3.63, 3.8) is 0 Å². The summed E-state index contributed by atoms with van der Waals surface area (Å²) in [5.74, 6) is 0.374. The highest BCUT2D eigenvalue weighted by Gasteiger charge is 2.13. The average Bonchev–Trinajstić information content (AvgIpc) is 2.26. The van der Waals surface area contributed by atoms with Crippen LogP contribution < -0.4 is 11.1 Å². The summed E-state index contributed by atoms with van der Waals surface area (Å²) in [7, 11) is 0. The van der Waals surface area contributed by atoms with Gasteiger partial charge in [0, 0.05) is 24.3 Å². The number of hydrogen-bond donors (Lipinski definition) is 3. The Morgan fingerprint density at radius 2 is 2.35 bits per heavy atom. The Balaban J connectivity index is 2.73. The van der Waals surface area contributed by atoms with Gasteiger partial charge in [-0.3, -0.25) is 10.1 Å². The summed E-state index contributed by atoms with van der Waals surface area (Å²) >= 11 is 0. The van der Waals surface area contributed by atoms with Crippen LogP contribution in [0.2, 0.25) is 0 Å². The average molecular weight is 240 g/mol. The highest BCUT2D eigenvalue weighted by atomic mass is 16.6. The molecule has 1 aromatic heterocycles. The number of nitro groups is 1. The van der Waals surface area contributed by atoms with E-state index in [9.17, 15) is 15.2 Å². The van der Waals surface area contributed by atoms with Crippen molar-refractivity contribution in [3.05, 3.63) is 27.9 Å². The number of nitrogens with two attached hydrogens (primary N) is 1. The molecule has 7 heteroatoms. The summed E-state index contributed by atoms with van der Waals surface area (Å²) in [5, 5.41) is 22.7. The van der Waals surface area contributed by atoms with Gasteiger partial charge in [-0.1, -0.05) is 0 Å². The van der Waals surface area contributed by atoms with Crippen LogP contribution in [-0.2, 0) is 0 Å². The molecule has 0 aliphatic heterocycles. The SMILES string of the molecule is Cc1cnc(NCC(N)C(C)O)cc1[N+](=O)[O-]. The number of aliphatic hydroxyl groups excluding tert-OH is 1. The van der Waals surface area contributed by atoms with Crippen molar-refractivity contribution < 1.29 is 10.0 Å². The van der Waals surface area contributed by atoms with Gasteiger partial charge in [0.1, 0.15) is 5.82 Å². The Morgan fingerprint density at radius 3 is 2.88 bits per heavy atom. The van der Waals surface area contributed by atoms with Crippen molar-refractivity contribution in [2.24, 2.45) is 5.73 Å². The molecular formula is C10H16N4O3. The zero-order valence-corrected chi connectivity index (χ0v) is 9.75. The third kappa shape index (κ3) is 3.65. The van der Waals surface area contributed by atoms with Gasteiger partial charge < -0.3 is 16.2 Å². The minimum absolute atomic E-state index is 0.00752. The number of aromatic nitrogens is 1. The third-order valence-electron chi connectivity index (χ3n) is 2.41. The molecule has 94 valence electrons. The number of nitrogens with one attached hydrogen (secondary N) is 1. The van der Waals surface area contributed by atoms with Gasteiger partial charge in [0.15, 0.2) is 0 Å². The van der Waals surface area contributed by atoms with Gasteiger partial charge in [-0.15, -0.1) is 0 Å². The Morgan fingerprint density at radius 1 is 1.71 bits per heavy atom. The quantitative estimate of drug-likeness (QED) is 0.507. The monoisotopic (exact) mass is 240 g/mol. The molecule has 0 aliphatic rings. The van der Waals surface area contributed by atoms with Crippen LogP contribution in [-0.4, -0.2) is 33.7 Å². The topological polar surface area (TPSA) is 114 Å². The molecule has 0 amide bonds. The summed E-state index contributed by atoms with van der Waals surface area (Å²) in [6.07, 6.45) is 0.775. The van der Waals surface area contributed by atoms with Crippen LogP contribution in [0.25, 0.3) is 0 Å². The van der Waals surface area contributed by atoms with E-state index in [1.54, 1.807) is 13.8 Å². The van der Waals surface area contributed by atoms with Crippen LogP contribution in [0.4, 0.5) is 11.5 Å². The van der Waals surface area contributed by atoms with Crippen molar-refractivity contribution in [1.29, 1.82) is 0 Å². The normalized spacial score (nSPS) is 14.1. The van der Waals surface area contributed by atoms with Crippen LogP contribution in [0.5, 0.6) is 0 Å². The lowest BCUT2D eigenvalue weighted by molar-refractivity contribution is -0.385. The molecule has 1 rings (SSSR count). The lowest BCUT2D eigenvalue weighted by Gasteiger charge is -2.15. The molecule has 0 aliphatic carbocycles. The maximum absolute atomic E-state index is 10.7. The lowest BCUT2D eigenvalue weighted by atomic mass is 10.2.